The molecule has 1 heterocycles. The number of rotatable bonds is 13. The number of aryl methyl sites for hydroxylation is 1. The second kappa shape index (κ2) is 13.3. The zero-order chi connectivity index (χ0) is 28.9. The van der Waals surface area contributed by atoms with E-state index in [9.17, 15) is 18.3 Å². The van der Waals surface area contributed by atoms with Crippen molar-refractivity contribution in [3.63, 3.8) is 0 Å². The molecule has 1 aliphatic rings. The molecule has 0 aliphatic heterocycles. The molecule has 0 spiro atoms. The maximum atomic E-state index is 15.7. The van der Waals surface area contributed by atoms with Crippen LogP contribution in [0.2, 0.25) is 0 Å². The number of sulfonamides is 1. The second-order valence-corrected chi connectivity index (χ2v) is 12.6. The highest BCUT2D eigenvalue weighted by Crippen LogP contribution is 2.34. The number of benzene rings is 2. The van der Waals surface area contributed by atoms with Gasteiger partial charge in [-0.2, -0.15) is 4.31 Å². The van der Waals surface area contributed by atoms with Crippen LogP contribution in [0.15, 0.2) is 53.6 Å². The molecule has 13 heteroatoms. The van der Waals surface area contributed by atoms with E-state index >= 15 is 8.78 Å². The summed E-state index contributed by atoms with van der Waals surface area (Å²) in [6, 6.07) is 10.9. The molecule has 1 amide bonds. The van der Waals surface area contributed by atoms with Crippen molar-refractivity contribution in [2.45, 2.75) is 37.6 Å². The molecule has 1 aliphatic carbocycles. The van der Waals surface area contributed by atoms with E-state index in [2.05, 4.69) is 38.4 Å². The van der Waals surface area contributed by atoms with E-state index in [0.717, 1.165) is 26.8 Å². The van der Waals surface area contributed by atoms with Crippen molar-refractivity contribution in [1.29, 1.82) is 0 Å². The van der Waals surface area contributed by atoms with Crippen LogP contribution in [0.25, 0.3) is 0 Å². The fraction of sp³-hybridized carbons (Fsp3) is 0.333. The maximum absolute atomic E-state index is 15.7. The van der Waals surface area contributed by atoms with E-state index in [0.29, 0.717) is 22.9 Å². The first-order valence-corrected chi connectivity index (χ1v) is 15.1. The van der Waals surface area contributed by atoms with Crippen molar-refractivity contribution in [2.24, 2.45) is 5.92 Å². The first-order valence-electron chi connectivity index (χ1n) is 12.6. The van der Waals surface area contributed by atoms with Crippen LogP contribution in [0.3, 0.4) is 0 Å². The first-order chi connectivity index (χ1) is 19.1. The molecule has 2 aromatic carbocycles. The van der Waals surface area contributed by atoms with Crippen LogP contribution in [0.1, 0.15) is 40.9 Å². The SMILES string of the molecule is Cc1cc(I)ccc1Nc1c(C(=O)NOCC2CC2)cc(S(=O)(=O)N(CCCO)Cc2ccccn2)c(F)c1F. The van der Waals surface area contributed by atoms with Crippen molar-refractivity contribution >= 4 is 49.9 Å². The van der Waals surface area contributed by atoms with Gasteiger partial charge in [-0.15, -0.1) is 0 Å². The minimum absolute atomic E-state index is 0.0459. The zero-order valence-corrected chi connectivity index (χ0v) is 24.6. The molecule has 0 bridgehead atoms. The van der Waals surface area contributed by atoms with E-state index in [-0.39, 0.29) is 32.7 Å². The monoisotopic (exact) mass is 686 g/mol. The third kappa shape index (κ3) is 7.32. The Labute approximate surface area is 245 Å². The largest absolute Gasteiger partial charge is 0.396 e. The summed E-state index contributed by atoms with van der Waals surface area (Å²) in [5, 5.41) is 12.1. The maximum Gasteiger partial charge on any atom is 0.277 e. The van der Waals surface area contributed by atoms with Crippen LogP contribution in [0, 0.1) is 28.0 Å². The van der Waals surface area contributed by atoms with Gasteiger partial charge in [-0.05, 0) is 96.7 Å². The van der Waals surface area contributed by atoms with Gasteiger partial charge < -0.3 is 10.4 Å². The normalized spacial score (nSPS) is 13.4. The summed E-state index contributed by atoms with van der Waals surface area (Å²) in [4.78, 5) is 21.5. The molecule has 3 N–H and O–H groups in total. The lowest BCUT2D eigenvalue weighted by Crippen LogP contribution is -2.34. The zero-order valence-electron chi connectivity index (χ0n) is 21.7. The number of carbonyl (C=O) groups is 1. The van der Waals surface area contributed by atoms with Crippen molar-refractivity contribution < 1.29 is 31.9 Å². The van der Waals surface area contributed by atoms with E-state index in [4.69, 9.17) is 4.84 Å². The number of aliphatic hydroxyl groups excluding tert-OH is 1. The minimum Gasteiger partial charge on any atom is -0.396 e. The first kappa shape index (κ1) is 30.2. The van der Waals surface area contributed by atoms with Gasteiger partial charge in [0.25, 0.3) is 5.91 Å². The number of aliphatic hydroxyl groups is 1. The molecular formula is C27H29F2IN4O5S. The van der Waals surface area contributed by atoms with E-state index in [1.54, 1.807) is 37.3 Å². The Balaban J connectivity index is 1.77. The van der Waals surface area contributed by atoms with E-state index in [1.165, 1.54) is 6.20 Å². The molecule has 1 saturated carbocycles. The summed E-state index contributed by atoms with van der Waals surface area (Å²) >= 11 is 2.11. The number of aromatic nitrogens is 1. The summed E-state index contributed by atoms with van der Waals surface area (Å²) in [5.41, 5.74) is 2.72. The summed E-state index contributed by atoms with van der Waals surface area (Å²) in [6.45, 7) is 1.24. The number of halogens is 3. The van der Waals surface area contributed by atoms with Crippen LogP contribution in [-0.2, 0) is 21.4 Å². The van der Waals surface area contributed by atoms with Gasteiger partial charge in [-0.3, -0.25) is 14.6 Å². The Morgan fingerprint density at radius 2 is 1.98 bits per heavy atom. The van der Waals surface area contributed by atoms with E-state index in [1.807, 2.05) is 6.07 Å². The molecule has 40 heavy (non-hydrogen) atoms. The number of amides is 1. The third-order valence-corrected chi connectivity index (χ3v) is 8.81. The standard InChI is InChI=1S/C27H29F2IN4O5S/c1-17-13-19(30)8-9-22(17)32-26-21(27(36)33-39-16-18-6-7-18)14-23(24(28)25(26)29)40(37,38)34(11-4-12-35)15-20-5-2-3-10-31-20/h2-3,5,8-10,13-14,18,32,35H,4,6-7,11-12,15-16H2,1H3,(H,33,36). The Bertz CT molecular complexity index is 1470. The smallest absolute Gasteiger partial charge is 0.277 e. The lowest BCUT2D eigenvalue weighted by Gasteiger charge is -2.23. The molecule has 0 unspecified atom stereocenters. The quantitative estimate of drug-likeness (QED) is 0.177. The van der Waals surface area contributed by atoms with Crippen molar-refractivity contribution in [1.82, 2.24) is 14.8 Å². The fourth-order valence-corrected chi connectivity index (χ4v) is 6.08. The minimum atomic E-state index is -4.69. The Kier molecular flexibility index (Phi) is 10.1. The molecule has 3 aromatic rings. The molecule has 214 valence electrons. The molecule has 9 nitrogen and oxygen atoms in total. The molecular weight excluding hydrogens is 657 g/mol. The highest BCUT2D eigenvalue weighted by atomic mass is 127. The molecule has 0 radical (unpaired) electrons. The van der Waals surface area contributed by atoms with Crippen LogP contribution >= 0.6 is 22.6 Å². The highest BCUT2D eigenvalue weighted by Gasteiger charge is 2.34. The molecule has 0 atom stereocenters. The number of nitrogens with zero attached hydrogens (tertiary/aromatic N) is 2. The lowest BCUT2D eigenvalue weighted by atomic mass is 10.1. The number of hydrogen-bond acceptors (Lipinski definition) is 7. The highest BCUT2D eigenvalue weighted by molar-refractivity contribution is 14.1. The third-order valence-electron chi connectivity index (χ3n) is 6.29. The summed E-state index contributed by atoms with van der Waals surface area (Å²) in [6.07, 6.45) is 3.44. The van der Waals surface area contributed by atoms with Crippen LogP contribution < -0.4 is 10.8 Å². The van der Waals surface area contributed by atoms with Gasteiger partial charge in [0.1, 0.15) is 4.90 Å². The molecule has 1 fully saturated rings. The predicted octanol–water partition coefficient (Wildman–Crippen LogP) is 4.66. The van der Waals surface area contributed by atoms with Gasteiger partial charge >= 0.3 is 0 Å². The Hall–Kier alpha value is -2.72. The summed E-state index contributed by atoms with van der Waals surface area (Å²) < 4.78 is 60.5. The Morgan fingerprint density at radius 1 is 1.20 bits per heavy atom. The number of hydroxylamine groups is 1. The fourth-order valence-electron chi connectivity index (χ4n) is 3.90. The van der Waals surface area contributed by atoms with Crippen molar-refractivity contribution in [2.75, 3.05) is 25.1 Å². The predicted molar refractivity (Wildman–Crippen MR) is 153 cm³/mol. The van der Waals surface area contributed by atoms with Crippen LogP contribution in [-0.4, -0.2) is 48.5 Å². The Morgan fingerprint density at radius 3 is 2.62 bits per heavy atom. The average Bonchev–Trinajstić information content (AvgIpc) is 3.75. The van der Waals surface area contributed by atoms with Crippen LogP contribution in [0.4, 0.5) is 20.2 Å². The molecule has 0 saturated heterocycles. The number of hydrogen-bond donors (Lipinski definition) is 3. The number of pyridine rings is 1. The van der Waals surface area contributed by atoms with Crippen molar-refractivity contribution in [3.05, 3.63) is 80.7 Å². The van der Waals surface area contributed by atoms with Gasteiger partial charge in [-0.25, -0.2) is 22.7 Å². The molecule has 4 rings (SSSR count). The van der Waals surface area contributed by atoms with E-state index < -0.39 is 43.7 Å². The second-order valence-electron chi connectivity index (χ2n) is 9.43. The molecule has 1 aromatic heterocycles. The topological polar surface area (TPSA) is 121 Å². The van der Waals surface area contributed by atoms with Gasteiger partial charge in [0.05, 0.1) is 30.1 Å². The van der Waals surface area contributed by atoms with Crippen LogP contribution in [0.5, 0.6) is 0 Å². The summed E-state index contributed by atoms with van der Waals surface area (Å²) in [5.74, 6) is -3.81. The summed E-state index contributed by atoms with van der Waals surface area (Å²) in [7, 11) is -4.69. The number of anilines is 2. The average molecular weight is 687 g/mol. The number of nitrogens with one attached hydrogen (secondary N) is 2. The van der Waals surface area contributed by atoms with Crippen molar-refractivity contribution in [3.8, 4) is 0 Å². The van der Waals surface area contributed by atoms with Gasteiger partial charge in [0, 0.05) is 28.6 Å². The number of carbonyl (C=O) groups excluding carboxylic acids is 1. The van der Waals surface area contributed by atoms with Gasteiger partial charge in [0.15, 0.2) is 11.6 Å². The van der Waals surface area contributed by atoms with Gasteiger partial charge in [0.2, 0.25) is 10.0 Å². The van der Waals surface area contributed by atoms with Gasteiger partial charge in [-0.1, -0.05) is 6.07 Å². The lowest BCUT2D eigenvalue weighted by molar-refractivity contribution is 0.0270.